The fourth-order valence-corrected chi connectivity index (χ4v) is 1.38. The van der Waals surface area contributed by atoms with Gasteiger partial charge in [0.1, 0.15) is 0 Å². The molecule has 5 heteroatoms. The Morgan fingerprint density at radius 2 is 2.06 bits per heavy atom. The van der Waals surface area contributed by atoms with Gasteiger partial charge in [-0.15, -0.1) is 0 Å². The van der Waals surface area contributed by atoms with Gasteiger partial charge in [-0.2, -0.15) is 0 Å². The topological polar surface area (TPSA) is 64.6 Å². The average molecular weight is 237 g/mol. The number of carbonyl (C=O) groups excluding carboxylic acids is 2. The van der Waals surface area contributed by atoms with Crippen molar-refractivity contribution >= 4 is 17.7 Å². The van der Waals surface area contributed by atoms with Crippen molar-refractivity contribution in [1.82, 2.24) is 0 Å². The van der Waals surface area contributed by atoms with Crippen molar-refractivity contribution in [1.29, 1.82) is 0 Å². The molecule has 0 atom stereocenters. The van der Waals surface area contributed by atoms with Crippen LogP contribution >= 0.6 is 0 Å². The number of hydrogen-bond acceptors (Lipinski definition) is 4. The quantitative estimate of drug-likeness (QED) is 0.819. The highest BCUT2D eigenvalue weighted by molar-refractivity contribution is 5.95. The number of methoxy groups -OCH3 is 1. The molecule has 5 nitrogen and oxygen atoms in total. The number of anilines is 1. The SMILES string of the molecule is CCOC(=O)Nc1cccc(C(=O)OC)c1C. The van der Waals surface area contributed by atoms with E-state index < -0.39 is 12.1 Å². The van der Waals surface area contributed by atoms with Crippen LogP contribution in [0.2, 0.25) is 0 Å². The summed E-state index contributed by atoms with van der Waals surface area (Å²) in [5.41, 5.74) is 1.60. The summed E-state index contributed by atoms with van der Waals surface area (Å²) in [7, 11) is 1.31. The van der Waals surface area contributed by atoms with Gasteiger partial charge >= 0.3 is 12.1 Å². The first-order valence-electron chi connectivity index (χ1n) is 5.21. The summed E-state index contributed by atoms with van der Waals surface area (Å²) in [5, 5.41) is 2.56. The predicted octanol–water partition coefficient (Wildman–Crippen LogP) is 2.35. The van der Waals surface area contributed by atoms with Crippen molar-refractivity contribution in [2.24, 2.45) is 0 Å². The van der Waals surface area contributed by atoms with Crippen LogP contribution in [0.4, 0.5) is 10.5 Å². The smallest absolute Gasteiger partial charge is 0.411 e. The van der Waals surface area contributed by atoms with Gasteiger partial charge in [0.15, 0.2) is 0 Å². The lowest BCUT2D eigenvalue weighted by molar-refractivity contribution is 0.0600. The number of nitrogens with one attached hydrogen (secondary N) is 1. The molecule has 1 aromatic carbocycles. The number of benzene rings is 1. The molecule has 1 amide bonds. The van der Waals surface area contributed by atoms with Gasteiger partial charge in [0.2, 0.25) is 0 Å². The highest BCUT2D eigenvalue weighted by Gasteiger charge is 2.13. The van der Waals surface area contributed by atoms with Crippen LogP contribution in [0.25, 0.3) is 0 Å². The molecule has 0 aliphatic carbocycles. The highest BCUT2D eigenvalue weighted by Crippen LogP contribution is 2.19. The first-order valence-corrected chi connectivity index (χ1v) is 5.21. The van der Waals surface area contributed by atoms with E-state index in [2.05, 4.69) is 10.1 Å². The molecule has 1 aromatic rings. The number of hydrogen-bond donors (Lipinski definition) is 1. The maximum atomic E-state index is 11.4. The summed E-state index contributed by atoms with van der Waals surface area (Å²) in [5.74, 6) is -0.435. The number of amides is 1. The second kappa shape index (κ2) is 5.89. The molecule has 17 heavy (non-hydrogen) atoms. The van der Waals surface area contributed by atoms with E-state index in [4.69, 9.17) is 4.74 Å². The van der Waals surface area contributed by atoms with Gasteiger partial charge < -0.3 is 9.47 Å². The Kier molecular flexibility index (Phi) is 4.51. The Bertz CT molecular complexity index is 429. The van der Waals surface area contributed by atoms with Gasteiger partial charge in [-0.3, -0.25) is 5.32 Å². The Morgan fingerprint density at radius 1 is 1.35 bits per heavy atom. The Labute approximate surface area is 99.7 Å². The number of ether oxygens (including phenoxy) is 2. The van der Waals surface area contributed by atoms with Crippen molar-refractivity contribution in [3.8, 4) is 0 Å². The van der Waals surface area contributed by atoms with Crippen LogP contribution in [0.15, 0.2) is 18.2 Å². The molecule has 0 bridgehead atoms. The first kappa shape index (κ1) is 13.0. The average Bonchev–Trinajstić information content (AvgIpc) is 2.31. The van der Waals surface area contributed by atoms with Crippen molar-refractivity contribution in [2.75, 3.05) is 19.0 Å². The van der Waals surface area contributed by atoms with E-state index in [-0.39, 0.29) is 0 Å². The minimum atomic E-state index is -0.544. The fraction of sp³-hybridized carbons (Fsp3) is 0.333. The molecule has 0 aliphatic rings. The van der Waals surface area contributed by atoms with Crippen molar-refractivity contribution < 1.29 is 19.1 Å². The van der Waals surface area contributed by atoms with Gasteiger partial charge in [0.05, 0.1) is 19.3 Å². The standard InChI is InChI=1S/C12H15NO4/c1-4-17-12(15)13-10-7-5-6-9(8(10)2)11(14)16-3/h5-7H,4H2,1-3H3,(H,13,15). The molecule has 0 fully saturated rings. The summed E-state index contributed by atoms with van der Waals surface area (Å²) < 4.78 is 9.40. The van der Waals surface area contributed by atoms with Gasteiger partial charge in [0, 0.05) is 5.69 Å². The molecule has 0 spiro atoms. The van der Waals surface area contributed by atoms with E-state index in [9.17, 15) is 9.59 Å². The molecule has 0 saturated carbocycles. The first-order chi connectivity index (χ1) is 8.10. The Hall–Kier alpha value is -2.04. The summed E-state index contributed by atoms with van der Waals surface area (Å²) >= 11 is 0. The monoisotopic (exact) mass is 237 g/mol. The van der Waals surface area contributed by atoms with Gasteiger partial charge in [-0.1, -0.05) is 6.07 Å². The molecular formula is C12H15NO4. The van der Waals surface area contributed by atoms with Crippen LogP contribution in [-0.2, 0) is 9.47 Å². The van der Waals surface area contributed by atoms with Crippen LogP contribution in [0.5, 0.6) is 0 Å². The minimum absolute atomic E-state index is 0.293. The summed E-state index contributed by atoms with van der Waals surface area (Å²) in [4.78, 5) is 22.7. The molecular weight excluding hydrogens is 222 g/mol. The maximum Gasteiger partial charge on any atom is 0.411 e. The van der Waals surface area contributed by atoms with E-state index in [1.54, 1.807) is 32.0 Å². The van der Waals surface area contributed by atoms with Crippen LogP contribution in [-0.4, -0.2) is 25.8 Å². The second-order valence-corrected chi connectivity index (χ2v) is 3.32. The number of esters is 1. The Balaban J connectivity index is 2.94. The van der Waals surface area contributed by atoms with Gasteiger partial charge in [0.25, 0.3) is 0 Å². The summed E-state index contributed by atoms with van der Waals surface area (Å²) in [6.45, 7) is 3.74. The molecule has 0 aliphatic heterocycles. The van der Waals surface area contributed by atoms with Crippen LogP contribution < -0.4 is 5.32 Å². The Morgan fingerprint density at radius 3 is 2.65 bits per heavy atom. The molecule has 0 heterocycles. The minimum Gasteiger partial charge on any atom is -0.465 e. The molecule has 1 rings (SSSR count). The molecule has 0 radical (unpaired) electrons. The van der Waals surface area contributed by atoms with Gasteiger partial charge in [-0.05, 0) is 31.5 Å². The lowest BCUT2D eigenvalue weighted by Crippen LogP contribution is -2.15. The summed E-state index contributed by atoms with van der Waals surface area (Å²) in [6.07, 6.45) is -0.544. The third-order valence-electron chi connectivity index (χ3n) is 2.25. The van der Waals surface area contributed by atoms with E-state index in [1.165, 1.54) is 7.11 Å². The molecule has 0 aromatic heterocycles. The van der Waals surface area contributed by atoms with Crippen molar-refractivity contribution in [2.45, 2.75) is 13.8 Å². The van der Waals surface area contributed by atoms with E-state index >= 15 is 0 Å². The van der Waals surface area contributed by atoms with E-state index in [0.717, 1.165) is 0 Å². The largest absolute Gasteiger partial charge is 0.465 e. The lowest BCUT2D eigenvalue weighted by atomic mass is 10.1. The highest BCUT2D eigenvalue weighted by atomic mass is 16.5. The third kappa shape index (κ3) is 3.21. The maximum absolute atomic E-state index is 11.4. The molecule has 0 unspecified atom stereocenters. The van der Waals surface area contributed by atoms with Crippen molar-refractivity contribution in [3.05, 3.63) is 29.3 Å². The molecule has 1 N–H and O–H groups in total. The zero-order valence-electron chi connectivity index (χ0n) is 10.1. The second-order valence-electron chi connectivity index (χ2n) is 3.32. The van der Waals surface area contributed by atoms with Crippen LogP contribution in [0.3, 0.4) is 0 Å². The number of rotatable bonds is 3. The zero-order valence-corrected chi connectivity index (χ0v) is 10.1. The number of carbonyl (C=O) groups is 2. The zero-order chi connectivity index (χ0) is 12.8. The normalized spacial score (nSPS) is 9.59. The van der Waals surface area contributed by atoms with E-state index in [1.807, 2.05) is 0 Å². The summed E-state index contributed by atoms with van der Waals surface area (Å²) in [6, 6.07) is 5.00. The van der Waals surface area contributed by atoms with Gasteiger partial charge in [-0.25, -0.2) is 9.59 Å². The third-order valence-corrected chi connectivity index (χ3v) is 2.25. The van der Waals surface area contributed by atoms with Crippen LogP contribution in [0, 0.1) is 6.92 Å². The van der Waals surface area contributed by atoms with Crippen LogP contribution in [0.1, 0.15) is 22.8 Å². The van der Waals surface area contributed by atoms with E-state index in [0.29, 0.717) is 23.4 Å². The predicted molar refractivity (Wildman–Crippen MR) is 63.2 cm³/mol. The van der Waals surface area contributed by atoms with Crippen molar-refractivity contribution in [3.63, 3.8) is 0 Å². The molecule has 92 valence electrons. The fourth-order valence-electron chi connectivity index (χ4n) is 1.38. The lowest BCUT2D eigenvalue weighted by Gasteiger charge is -2.10. The molecule has 0 saturated heterocycles.